The SMILES string of the molecule is CCC(CC)C(=O)OC1CC(C)C=C2C=CC(C)C(CC[C@@H]3C[C@@H](O)C(C)C(=O)O3)C21. The molecule has 3 aliphatic rings. The van der Waals surface area contributed by atoms with Crippen molar-refractivity contribution in [3.8, 4) is 0 Å². The zero-order valence-electron chi connectivity index (χ0n) is 19.8. The lowest BCUT2D eigenvalue weighted by Crippen LogP contribution is -2.43. The van der Waals surface area contributed by atoms with Crippen LogP contribution in [0.3, 0.4) is 0 Å². The highest BCUT2D eigenvalue weighted by Gasteiger charge is 2.42. The molecule has 1 heterocycles. The van der Waals surface area contributed by atoms with Gasteiger partial charge in [0.1, 0.15) is 12.2 Å². The maximum absolute atomic E-state index is 12.8. The Kier molecular flexibility index (Phi) is 8.01. The summed E-state index contributed by atoms with van der Waals surface area (Å²) in [5.74, 6) is 0.373. The molecule has 1 N–H and O–H groups in total. The van der Waals surface area contributed by atoms with Crippen molar-refractivity contribution >= 4 is 11.9 Å². The molecule has 5 nitrogen and oxygen atoms in total. The van der Waals surface area contributed by atoms with E-state index < -0.39 is 12.0 Å². The quantitative estimate of drug-likeness (QED) is 0.583. The zero-order valence-corrected chi connectivity index (χ0v) is 19.8. The monoisotopic (exact) mass is 432 g/mol. The van der Waals surface area contributed by atoms with Crippen LogP contribution in [0.4, 0.5) is 0 Å². The summed E-state index contributed by atoms with van der Waals surface area (Å²) in [6, 6.07) is 0. The molecule has 5 heteroatoms. The third kappa shape index (κ3) is 5.42. The summed E-state index contributed by atoms with van der Waals surface area (Å²) in [7, 11) is 0. The lowest BCUT2D eigenvalue weighted by atomic mass is 9.65. The van der Waals surface area contributed by atoms with E-state index in [0.29, 0.717) is 24.2 Å². The summed E-state index contributed by atoms with van der Waals surface area (Å²) in [5.41, 5.74) is 1.28. The van der Waals surface area contributed by atoms with Crippen LogP contribution in [0.2, 0.25) is 0 Å². The molecule has 0 bridgehead atoms. The van der Waals surface area contributed by atoms with Crippen molar-refractivity contribution in [2.75, 3.05) is 0 Å². The van der Waals surface area contributed by atoms with E-state index in [-0.39, 0.29) is 36.0 Å². The molecule has 2 aliphatic carbocycles. The number of carbonyl (C=O) groups is 2. The van der Waals surface area contributed by atoms with E-state index in [2.05, 4.69) is 32.1 Å². The molecule has 0 aromatic heterocycles. The standard InChI is InChI=1S/C26H40O5/c1-6-18(7-2)26(29)31-23-13-15(3)12-19-9-8-16(4)21(24(19)23)11-10-20-14-22(27)17(5)25(28)30-20/h8-9,12,15-18,20-24,27H,6-7,10-11,13-14H2,1-5H3/t15?,16?,17?,20-,21?,22-,23?,24?/m1/s1. The molecule has 0 saturated carbocycles. The van der Waals surface area contributed by atoms with Gasteiger partial charge >= 0.3 is 11.9 Å². The van der Waals surface area contributed by atoms with Gasteiger partial charge in [-0.25, -0.2) is 0 Å². The van der Waals surface area contributed by atoms with E-state index in [0.717, 1.165) is 32.1 Å². The first-order chi connectivity index (χ1) is 14.7. The second-order valence-electron chi connectivity index (χ2n) is 10.0. The van der Waals surface area contributed by atoms with Crippen LogP contribution in [-0.4, -0.2) is 35.4 Å². The third-order valence-electron chi connectivity index (χ3n) is 7.74. The van der Waals surface area contributed by atoms with Crippen LogP contribution in [-0.2, 0) is 19.1 Å². The maximum Gasteiger partial charge on any atom is 0.311 e. The first-order valence-corrected chi connectivity index (χ1v) is 12.2. The number of carbonyl (C=O) groups excluding carboxylic acids is 2. The summed E-state index contributed by atoms with van der Waals surface area (Å²) in [6.45, 7) is 10.2. The number of fused-ring (bicyclic) bond motifs is 1. The average molecular weight is 433 g/mol. The minimum atomic E-state index is -0.630. The minimum Gasteiger partial charge on any atom is -0.462 e. The van der Waals surface area contributed by atoms with E-state index in [4.69, 9.17) is 9.47 Å². The highest BCUT2D eigenvalue weighted by atomic mass is 16.6. The molecule has 0 aromatic rings. The lowest BCUT2D eigenvalue weighted by molar-refractivity contribution is -0.169. The van der Waals surface area contributed by atoms with Crippen LogP contribution in [0.1, 0.15) is 73.1 Å². The minimum absolute atomic E-state index is 0.0372. The van der Waals surface area contributed by atoms with Crippen molar-refractivity contribution in [1.82, 2.24) is 0 Å². The largest absolute Gasteiger partial charge is 0.462 e. The Bertz CT molecular complexity index is 707. The van der Waals surface area contributed by atoms with Gasteiger partial charge in [0.15, 0.2) is 0 Å². The first kappa shape index (κ1) is 24.0. The second kappa shape index (κ2) is 10.3. The van der Waals surface area contributed by atoms with Crippen LogP contribution in [0.25, 0.3) is 0 Å². The molecule has 1 fully saturated rings. The van der Waals surface area contributed by atoms with E-state index in [1.54, 1.807) is 6.92 Å². The third-order valence-corrected chi connectivity index (χ3v) is 7.74. The summed E-state index contributed by atoms with van der Waals surface area (Å²) in [6.07, 6.45) is 10.4. The van der Waals surface area contributed by atoms with Crippen molar-refractivity contribution < 1.29 is 24.2 Å². The molecule has 1 aliphatic heterocycles. The van der Waals surface area contributed by atoms with Gasteiger partial charge in [0.2, 0.25) is 0 Å². The molecule has 3 rings (SSSR count). The highest BCUT2D eigenvalue weighted by Crippen LogP contribution is 2.45. The van der Waals surface area contributed by atoms with Gasteiger partial charge < -0.3 is 14.6 Å². The molecule has 0 radical (unpaired) electrons. The zero-order chi connectivity index (χ0) is 22.7. The molecule has 1 saturated heterocycles. The number of aliphatic hydroxyl groups is 1. The van der Waals surface area contributed by atoms with Crippen molar-refractivity contribution in [2.45, 2.75) is 91.5 Å². The number of ether oxygens (including phenoxy) is 2. The molecule has 8 atom stereocenters. The van der Waals surface area contributed by atoms with E-state index in [1.165, 1.54) is 5.57 Å². The maximum atomic E-state index is 12.8. The topological polar surface area (TPSA) is 72.8 Å². The van der Waals surface area contributed by atoms with Crippen LogP contribution in [0.5, 0.6) is 0 Å². The van der Waals surface area contributed by atoms with E-state index in [1.807, 2.05) is 13.8 Å². The average Bonchev–Trinajstić information content (AvgIpc) is 2.72. The Morgan fingerprint density at radius 3 is 2.55 bits per heavy atom. The van der Waals surface area contributed by atoms with Crippen molar-refractivity contribution in [2.24, 2.45) is 35.5 Å². The highest BCUT2D eigenvalue weighted by molar-refractivity contribution is 5.73. The number of allylic oxidation sites excluding steroid dienone is 3. The molecule has 6 unspecified atom stereocenters. The summed E-state index contributed by atoms with van der Waals surface area (Å²) in [5, 5.41) is 10.2. The van der Waals surface area contributed by atoms with Crippen molar-refractivity contribution in [3.63, 3.8) is 0 Å². The van der Waals surface area contributed by atoms with Gasteiger partial charge in [-0.15, -0.1) is 0 Å². The predicted octanol–water partition coefficient (Wildman–Crippen LogP) is 4.83. The van der Waals surface area contributed by atoms with Gasteiger partial charge in [-0.05, 0) is 62.4 Å². The molecule has 0 aromatic carbocycles. The summed E-state index contributed by atoms with van der Waals surface area (Å²) in [4.78, 5) is 24.8. The van der Waals surface area contributed by atoms with Crippen molar-refractivity contribution in [3.05, 3.63) is 23.8 Å². The fraction of sp³-hybridized carbons (Fsp3) is 0.769. The van der Waals surface area contributed by atoms with Crippen molar-refractivity contribution in [1.29, 1.82) is 0 Å². The summed E-state index contributed by atoms with van der Waals surface area (Å²) >= 11 is 0. The van der Waals surface area contributed by atoms with E-state index in [9.17, 15) is 14.7 Å². The number of rotatable bonds is 7. The van der Waals surface area contributed by atoms with Gasteiger partial charge in [-0.3, -0.25) is 9.59 Å². The van der Waals surface area contributed by atoms with Gasteiger partial charge in [-0.2, -0.15) is 0 Å². The van der Waals surface area contributed by atoms with Crippen LogP contribution >= 0.6 is 0 Å². The Morgan fingerprint density at radius 1 is 1.19 bits per heavy atom. The Balaban J connectivity index is 1.74. The molecule has 0 amide bonds. The van der Waals surface area contributed by atoms with Crippen LogP contribution in [0.15, 0.2) is 23.8 Å². The lowest BCUT2D eigenvalue weighted by Gasteiger charge is -2.43. The molecule has 0 spiro atoms. The fourth-order valence-electron chi connectivity index (χ4n) is 5.59. The van der Waals surface area contributed by atoms with Gasteiger partial charge in [0.25, 0.3) is 0 Å². The Labute approximate surface area is 187 Å². The number of esters is 2. The molecule has 31 heavy (non-hydrogen) atoms. The smallest absolute Gasteiger partial charge is 0.311 e. The molecular formula is C26H40O5. The van der Waals surface area contributed by atoms with Gasteiger partial charge in [-0.1, -0.05) is 45.9 Å². The normalized spacial score (nSPS) is 37.8. The van der Waals surface area contributed by atoms with Crippen LogP contribution < -0.4 is 0 Å². The van der Waals surface area contributed by atoms with Gasteiger partial charge in [0, 0.05) is 12.3 Å². The van der Waals surface area contributed by atoms with Gasteiger partial charge in [0.05, 0.1) is 17.9 Å². The molecular weight excluding hydrogens is 392 g/mol. The number of cyclic esters (lactones) is 1. The predicted molar refractivity (Wildman–Crippen MR) is 120 cm³/mol. The second-order valence-corrected chi connectivity index (χ2v) is 10.0. The number of hydrogen-bond donors (Lipinski definition) is 1. The Morgan fingerprint density at radius 2 is 1.90 bits per heavy atom. The number of aliphatic hydroxyl groups excluding tert-OH is 1. The first-order valence-electron chi connectivity index (χ1n) is 12.2. The van der Waals surface area contributed by atoms with Crippen LogP contribution in [0, 0.1) is 35.5 Å². The number of hydrogen-bond acceptors (Lipinski definition) is 5. The Hall–Kier alpha value is -1.62. The summed E-state index contributed by atoms with van der Waals surface area (Å²) < 4.78 is 11.7. The molecule has 174 valence electrons. The fourth-order valence-corrected chi connectivity index (χ4v) is 5.59. The van der Waals surface area contributed by atoms with E-state index >= 15 is 0 Å².